The minimum atomic E-state index is -1.29. The van der Waals surface area contributed by atoms with Crippen LogP contribution in [0.2, 0.25) is 0 Å². The van der Waals surface area contributed by atoms with Crippen LogP contribution in [0.15, 0.2) is 30.5 Å². The van der Waals surface area contributed by atoms with E-state index >= 15 is 0 Å². The van der Waals surface area contributed by atoms with Gasteiger partial charge in [-0.2, -0.15) is 0 Å². The molecule has 0 aliphatic rings. The number of aromatic nitrogens is 1. The monoisotopic (exact) mass is 643 g/mol. The van der Waals surface area contributed by atoms with Crippen molar-refractivity contribution < 1.29 is 54.3 Å². The van der Waals surface area contributed by atoms with Gasteiger partial charge in [0.1, 0.15) is 24.2 Å². The smallest absolute Gasteiger partial charge is 0.321 e. The summed E-state index contributed by atoms with van der Waals surface area (Å²) in [6.07, 6.45) is 2.29. The van der Waals surface area contributed by atoms with Crippen molar-refractivity contribution in [3.8, 4) is 0 Å². The summed E-state index contributed by atoms with van der Waals surface area (Å²) in [5.41, 5.74) is 32.1. The molecular formula is C25H41N9O11. The van der Waals surface area contributed by atoms with E-state index < -0.39 is 66.3 Å². The van der Waals surface area contributed by atoms with E-state index in [1.165, 1.54) is 0 Å². The number of carbonyl (C=O) groups is 6. The van der Waals surface area contributed by atoms with Gasteiger partial charge in [-0.3, -0.25) is 34.2 Å². The number of carboxylic acids is 5. The lowest BCUT2D eigenvalue weighted by Gasteiger charge is -2.06. The Balaban J connectivity index is 0. The molecule has 1 heterocycles. The molecular weight excluding hydrogens is 602 g/mol. The number of nitrogens with two attached hydrogens (primary N) is 6. The molecule has 0 saturated carbocycles. The Labute approximate surface area is 256 Å². The molecule has 252 valence electrons. The lowest BCUT2D eigenvalue weighted by molar-refractivity contribution is -0.144. The fraction of sp³-hybridized carbons (Fsp3) is 0.400. The number of guanidine groups is 1. The third-order valence-electron chi connectivity index (χ3n) is 5.21. The number of aliphatic carboxylic acids is 5. The molecule has 20 N–H and O–H groups in total. The first-order chi connectivity index (χ1) is 20.8. The minimum absolute atomic E-state index is 0.112. The second-order valence-corrected chi connectivity index (χ2v) is 9.09. The average Bonchev–Trinajstić information content (AvgIpc) is 3.33. The SMILES string of the molecule is N=C(N)NCCC[C@H](N)C(=O)O.NC(=O)C[C@H](N)C(=O)O.N[C@@H](CC(=O)O)C(=O)O.N[C@@H](Cc1c[nH]c2ccccc12)C(=O)O. The van der Waals surface area contributed by atoms with Crippen molar-refractivity contribution in [2.45, 2.75) is 56.3 Å². The Kier molecular flexibility index (Phi) is 20.7. The quantitative estimate of drug-likeness (QED) is 0.0551. The standard InChI is InChI=1S/C11H12N2O2.C6H14N4O2.C4H8N2O3.C4H7NO4/c12-9(11(14)15)5-7-6-13-10-4-2-1-3-8(7)10;7-4(5(11)12)2-1-3-10-6(8)9;2*5-2(4(8)9)1-3(6)7/h1-4,6,9,13H,5,12H2,(H,14,15);4H,1-3,7H2,(H,11,12)(H4,8,9,10);2H,1,5H2,(H2,6,7)(H,8,9);2H,1,5H2,(H,6,7)(H,8,9)/t9-;4-;2*2-/m0000/s1. The number of nitrogens with one attached hydrogen (secondary N) is 3. The first-order valence-corrected chi connectivity index (χ1v) is 12.9. The Morgan fingerprint density at radius 1 is 0.756 bits per heavy atom. The normalized spacial score (nSPS) is 12.5. The van der Waals surface area contributed by atoms with Crippen molar-refractivity contribution in [2.24, 2.45) is 34.4 Å². The number of primary amides is 1. The minimum Gasteiger partial charge on any atom is -0.481 e. The van der Waals surface area contributed by atoms with Crippen LogP contribution in [0.1, 0.15) is 31.2 Å². The predicted molar refractivity (Wildman–Crippen MR) is 160 cm³/mol. The van der Waals surface area contributed by atoms with E-state index in [1.54, 1.807) is 0 Å². The third kappa shape index (κ3) is 21.1. The molecule has 0 bridgehead atoms. The van der Waals surface area contributed by atoms with Gasteiger partial charge in [0, 0.05) is 30.1 Å². The molecule has 2 aromatic rings. The maximum atomic E-state index is 10.6. The van der Waals surface area contributed by atoms with Crippen LogP contribution in [0.3, 0.4) is 0 Å². The highest BCUT2D eigenvalue weighted by Crippen LogP contribution is 2.18. The summed E-state index contributed by atoms with van der Waals surface area (Å²) in [7, 11) is 0. The molecule has 20 nitrogen and oxygen atoms in total. The summed E-state index contributed by atoms with van der Waals surface area (Å²) >= 11 is 0. The van der Waals surface area contributed by atoms with Crippen LogP contribution in [0.4, 0.5) is 0 Å². The van der Waals surface area contributed by atoms with Gasteiger partial charge in [0.15, 0.2) is 5.96 Å². The van der Waals surface area contributed by atoms with Gasteiger partial charge >= 0.3 is 29.8 Å². The van der Waals surface area contributed by atoms with Crippen molar-refractivity contribution in [1.82, 2.24) is 10.3 Å². The highest BCUT2D eigenvalue weighted by atomic mass is 16.4. The van der Waals surface area contributed by atoms with E-state index in [0.717, 1.165) is 16.5 Å². The summed E-state index contributed by atoms with van der Waals surface area (Å²) < 4.78 is 0. The highest BCUT2D eigenvalue weighted by molar-refractivity contribution is 5.84. The molecule has 0 aliphatic heterocycles. The third-order valence-corrected chi connectivity index (χ3v) is 5.21. The number of para-hydroxylation sites is 1. The fourth-order valence-electron chi connectivity index (χ4n) is 2.87. The second kappa shape index (κ2) is 22.3. The molecule has 1 amide bonds. The number of carboxylic acid groups (broad SMARTS) is 5. The molecule has 1 aromatic heterocycles. The molecule has 0 spiro atoms. The lowest BCUT2D eigenvalue weighted by Crippen LogP contribution is -2.34. The maximum Gasteiger partial charge on any atom is 0.321 e. The molecule has 2 rings (SSSR count). The Hall–Kier alpha value is -5.31. The number of amides is 1. The number of carbonyl (C=O) groups excluding carboxylic acids is 1. The zero-order valence-electron chi connectivity index (χ0n) is 24.1. The van der Waals surface area contributed by atoms with E-state index in [4.69, 9.17) is 59.6 Å². The largest absolute Gasteiger partial charge is 0.481 e. The van der Waals surface area contributed by atoms with Crippen LogP contribution in [0, 0.1) is 5.41 Å². The number of benzene rings is 1. The molecule has 0 aliphatic carbocycles. The van der Waals surface area contributed by atoms with Crippen LogP contribution < -0.4 is 39.7 Å². The fourth-order valence-corrected chi connectivity index (χ4v) is 2.87. The van der Waals surface area contributed by atoms with Crippen molar-refractivity contribution in [2.75, 3.05) is 6.54 Å². The summed E-state index contributed by atoms with van der Waals surface area (Å²) in [4.78, 5) is 63.4. The molecule has 45 heavy (non-hydrogen) atoms. The summed E-state index contributed by atoms with van der Waals surface area (Å²) in [6.45, 7) is 0.482. The number of hydrogen-bond acceptors (Lipinski definition) is 11. The van der Waals surface area contributed by atoms with Crippen LogP contribution >= 0.6 is 0 Å². The van der Waals surface area contributed by atoms with E-state index in [0.29, 0.717) is 25.8 Å². The van der Waals surface area contributed by atoms with Crippen molar-refractivity contribution in [3.63, 3.8) is 0 Å². The van der Waals surface area contributed by atoms with E-state index in [-0.39, 0.29) is 12.4 Å². The molecule has 4 atom stereocenters. The highest BCUT2D eigenvalue weighted by Gasteiger charge is 2.15. The van der Waals surface area contributed by atoms with Gasteiger partial charge in [0.05, 0.1) is 12.8 Å². The van der Waals surface area contributed by atoms with Gasteiger partial charge in [-0.25, -0.2) is 0 Å². The summed E-state index contributed by atoms with van der Waals surface area (Å²) in [6, 6.07) is 3.64. The van der Waals surface area contributed by atoms with Crippen molar-refractivity contribution >= 4 is 52.6 Å². The lowest BCUT2D eigenvalue weighted by atomic mass is 10.1. The molecule has 0 saturated heterocycles. The summed E-state index contributed by atoms with van der Waals surface area (Å²) in [5.74, 6) is -6.50. The van der Waals surface area contributed by atoms with Crippen LogP contribution in [0.5, 0.6) is 0 Å². The average molecular weight is 644 g/mol. The molecule has 20 heteroatoms. The van der Waals surface area contributed by atoms with Gasteiger partial charge in [-0.05, 0) is 24.5 Å². The van der Waals surface area contributed by atoms with Gasteiger partial charge in [0.25, 0.3) is 0 Å². The Bertz CT molecular complexity index is 1250. The van der Waals surface area contributed by atoms with Crippen LogP contribution in [-0.2, 0) is 35.2 Å². The number of hydrogen-bond donors (Lipinski definition) is 14. The molecule has 0 unspecified atom stereocenters. The van der Waals surface area contributed by atoms with Crippen molar-refractivity contribution in [1.29, 1.82) is 5.41 Å². The second-order valence-electron chi connectivity index (χ2n) is 9.09. The van der Waals surface area contributed by atoms with Crippen molar-refractivity contribution in [3.05, 3.63) is 36.0 Å². The molecule has 0 fully saturated rings. The number of fused-ring (bicyclic) bond motifs is 1. The first kappa shape index (κ1) is 41.8. The van der Waals surface area contributed by atoms with Gasteiger partial charge in [-0.15, -0.1) is 0 Å². The summed E-state index contributed by atoms with van der Waals surface area (Å²) in [5, 5.41) is 51.6. The van der Waals surface area contributed by atoms with Crippen LogP contribution in [-0.4, -0.2) is 103 Å². The van der Waals surface area contributed by atoms with E-state index in [2.05, 4.69) is 16.0 Å². The van der Waals surface area contributed by atoms with Gasteiger partial charge < -0.3 is 70.2 Å². The maximum absolute atomic E-state index is 10.6. The van der Waals surface area contributed by atoms with Gasteiger partial charge in [0.2, 0.25) is 5.91 Å². The van der Waals surface area contributed by atoms with E-state index in [1.807, 2.05) is 30.5 Å². The number of H-pyrrole nitrogens is 1. The van der Waals surface area contributed by atoms with Gasteiger partial charge in [-0.1, -0.05) is 18.2 Å². The molecule has 1 aromatic carbocycles. The Morgan fingerprint density at radius 3 is 1.64 bits per heavy atom. The van der Waals surface area contributed by atoms with Crippen LogP contribution in [0.25, 0.3) is 10.9 Å². The zero-order chi connectivity index (χ0) is 35.3. The zero-order valence-corrected chi connectivity index (χ0v) is 24.1. The number of aromatic amines is 1. The first-order valence-electron chi connectivity index (χ1n) is 12.9. The predicted octanol–water partition coefficient (Wildman–Crippen LogP) is -3.07. The number of rotatable bonds is 14. The Morgan fingerprint density at radius 2 is 1.24 bits per heavy atom. The van der Waals surface area contributed by atoms with E-state index in [9.17, 15) is 28.8 Å². The topological polar surface area (TPSA) is 411 Å². The molecule has 0 radical (unpaired) electrons.